The molecule has 0 spiro atoms. The number of nitrogens with one attached hydrogen (secondary N) is 1. The Bertz CT molecular complexity index is 389. The number of benzene rings is 1. The minimum Gasteiger partial charge on any atom is -0.468 e. The summed E-state index contributed by atoms with van der Waals surface area (Å²) in [6, 6.07) is 8.43. The van der Waals surface area contributed by atoms with Crippen molar-refractivity contribution in [3.05, 3.63) is 35.4 Å². The van der Waals surface area contributed by atoms with Crippen molar-refractivity contribution in [2.45, 2.75) is 31.8 Å². The first-order chi connectivity index (χ1) is 7.72. The maximum absolute atomic E-state index is 11.4. The van der Waals surface area contributed by atoms with Crippen LogP contribution in [0.4, 0.5) is 0 Å². The van der Waals surface area contributed by atoms with Crippen LogP contribution in [0.2, 0.25) is 0 Å². The van der Waals surface area contributed by atoms with E-state index >= 15 is 0 Å². The normalized spacial score (nSPS) is 24.4. The van der Waals surface area contributed by atoms with Gasteiger partial charge in [-0.25, -0.2) is 0 Å². The van der Waals surface area contributed by atoms with E-state index in [4.69, 9.17) is 4.74 Å². The molecule has 2 atom stereocenters. The Morgan fingerprint density at radius 1 is 1.38 bits per heavy atom. The van der Waals surface area contributed by atoms with Crippen LogP contribution in [0.3, 0.4) is 0 Å². The maximum Gasteiger partial charge on any atom is 0.322 e. The van der Waals surface area contributed by atoms with Crippen LogP contribution < -0.4 is 5.32 Å². The van der Waals surface area contributed by atoms with Gasteiger partial charge in [0.2, 0.25) is 0 Å². The monoisotopic (exact) mass is 219 g/mol. The second kappa shape index (κ2) is 4.66. The molecule has 1 heterocycles. The maximum atomic E-state index is 11.4. The zero-order valence-electron chi connectivity index (χ0n) is 9.69. The van der Waals surface area contributed by atoms with Gasteiger partial charge in [0.05, 0.1) is 7.11 Å². The van der Waals surface area contributed by atoms with Gasteiger partial charge in [0.1, 0.15) is 6.04 Å². The van der Waals surface area contributed by atoms with E-state index in [0.717, 1.165) is 12.8 Å². The molecule has 1 aromatic rings. The van der Waals surface area contributed by atoms with Gasteiger partial charge < -0.3 is 4.74 Å². The number of ether oxygens (including phenoxy) is 1. The molecule has 0 aliphatic carbocycles. The first kappa shape index (κ1) is 11.1. The summed E-state index contributed by atoms with van der Waals surface area (Å²) >= 11 is 0. The zero-order chi connectivity index (χ0) is 11.5. The number of carbonyl (C=O) groups is 1. The lowest BCUT2D eigenvalue weighted by molar-refractivity contribution is -0.142. The van der Waals surface area contributed by atoms with Crippen LogP contribution >= 0.6 is 0 Å². The highest BCUT2D eigenvalue weighted by Gasteiger charge is 2.30. The number of hydrogen-bond donors (Lipinski definition) is 1. The van der Waals surface area contributed by atoms with Gasteiger partial charge in [0, 0.05) is 6.04 Å². The van der Waals surface area contributed by atoms with Gasteiger partial charge >= 0.3 is 5.97 Å². The highest BCUT2D eigenvalue weighted by atomic mass is 16.5. The molecular weight excluding hydrogens is 202 g/mol. The minimum absolute atomic E-state index is 0.144. The molecule has 0 saturated carbocycles. The van der Waals surface area contributed by atoms with Gasteiger partial charge in [-0.15, -0.1) is 0 Å². The molecular formula is C13H17NO2. The first-order valence-corrected chi connectivity index (χ1v) is 5.62. The summed E-state index contributed by atoms with van der Waals surface area (Å²) in [6.07, 6.45) is 1.84. The standard InChI is InChI=1S/C13H17NO2/c1-9-5-3-4-6-10(9)11-7-8-12(14-11)13(15)16-2/h3-6,11-12,14H,7-8H2,1-2H3/t11?,12-/m0/s1. The Balaban J connectivity index is 2.09. The minimum atomic E-state index is -0.156. The fraction of sp³-hybridized carbons (Fsp3) is 0.462. The smallest absolute Gasteiger partial charge is 0.322 e. The van der Waals surface area contributed by atoms with E-state index < -0.39 is 0 Å². The highest BCUT2D eigenvalue weighted by Crippen LogP contribution is 2.28. The van der Waals surface area contributed by atoms with E-state index in [2.05, 4.69) is 24.4 Å². The molecule has 1 saturated heterocycles. The van der Waals surface area contributed by atoms with E-state index in [0.29, 0.717) is 0 Å². The predicted octanol–water partition coefficient (Wildman–Crippen LogP) is 1.96. The Hall–Kier alpha value is -1.35. The van der Waals surface area contributed by atoms with Gasteiger partial charge in [0.25, 0.3) is 0 Å². The molecule has 1 fully saturated rings. The number of esters is 1. The van der Waals surface area contributed by atoms with Gasteiger partial charge in [-0.3, -0.25) is 10.1 Å². The number of rotatable bonds is 2. The molecule has 0 aromatic heterocycles. The van der Waals surface area contributed by atoms with Gasteiger partial charge in [-0.05, 0) is 30.9 Å². The molecule has 2 rings (SSSR count). The van der Waals surface area contributed by atoms with Crippen molar-refractivity contribution < 1.29 is 9.53 Å². The van der Waals surface area contributed by atoms with Gasteiger partial charge in [0.15, 0.2) is 0 Å². The van der Waals surface area contributed by atoms with Crippen molar-refractivity contribution in [1.29, 1.82) is 0 Å². The predicted molar refractivity (Wildman–Crippen MR) is 62.1 cm³/mol. The summed E-state index contributed by atoms with van der Waals surface area (Å²) < 4.78 is 4.75. The SMILES string of the molecule is COC(=O)[C@@H]1CCC(c2ccccc2C)N1. The first-order valence-electron chi connectivity index (χ1n) is 5.62. The molecule has 3 nitrogen and oxygen atoms in total. The average Bonchev–Trinajstić information content (AvgIpc) is 2.78. The van der Waals surface area contributed by atoms with E-state index in [1.807, 2.05) is 12.1 Å². The van der Waals surface area contributed by atoms with Crippen LogP contribution in [-0.4, -0.2) is 19.1 Å². The van der Waals surface area contributed by atoms with Crippen LogP contribution in [0.15, 0.2) is 24.3 Å². The fourth-order valence-electron chi connectivity index (χ4n) is 2.29. The number of methoxy groups -OCH3 is 1. The Labute approximate surface area is 95.8 Å². The molecule has 0 radical (unpaired) electrons. The molecule has 1 N–H and O–H groups in total. The molecule has 0 amide bonds. The Morgan fingerprint density at radius 2 is 2.12 bits per heavy atom. The molecule has 1 aliphatic rings. The Morgan fingerprint density at radius 3 is 2.81 bits per heavy atom. The van der Waals surface area contributed by atoms with Crippen LogP contribution in [0.5, 0.6) is 0 Å². The van der Waals surface area contributed by atoms with Crippen LogP contribution in [0, 0.1) is 6.92 Å². The topological polar surface area (TPSA) is 38.3 Å². The zero-order valence-corrected chi connectivity index (χ0v) is 9.69. The van der Waals surface area contributed by atoms with E-state index in [-0.39, 0.29) is 18.1 Å². The number of hydrogen-bond acceptors (Lipinski definition) is 3. The van der Waals surface area contributed by atoms with Crippen LogP contribution in [0.25, 0.3) is 0 Å². The van der Waals surface area contributed by atoms with E-state index in [1.54, 1.807) is 0 Å². The van der Waals surface area contributed by atoms with Crippen LogP contribution in [-0.2, 0) is 9.53 Å². The summed E-state index contributed by atoms with van der Waals surface area (Å²) in [5.41, 5.74) is 2.56. The number of aryl methyl sites for hydroxylation is 1. The van der Waals surface area contributed by atoms with Crippen molar-refractivity contribution >= 4 is 5.97 Å². The fourth-order valence-corrected chi connectivity index (χ4v) is 2.29. The van der Waals surface area contributed by atoms with Crippen molar-refractivity contribution in [2.24, 2.45) is 0 Å². The summed E-state index contributed by atoms with van der Waals surface area (Å²) in [5.74, 6) is -0.156. The quantitative estimate of drug-likeness (QED) is 0.773. The summed E-state index contributed by atoms with van der Waals surface area (Å²) in [5, 5.41) is 3.32. The lowest BCUT2D eigenvalue weighted by Crippen LogP contribution is -2.33. The largest absolute Gasteiger partial charge is 0.468 e. The third-order valence-electron chi connectivity index (χ3n) is 3.20. The highest BCUT2D eigenvalue weighted by molar-refractivity contribution is 5.76. The summed E-state index contributed by atoms with van der Waals surface area (Å²) in [4.78, 5) is 11.4. The van der Waals surface area contributed by atoms with Crippen molar-refractivity contribution in [3.8, 4) is 0 Å². The molecule has 86 valence electrons. The number of carbonyl (C=O) groups excluding carboxylic acids is 1. The second-order valence-corrected chi connectivity index (χ2v) is 4.23. The summed E-state index contributed by atoms with van der Waals surface area (Å²) in [6.45, 7) is 2.10. The molecule has 16 heavy (non-hydrogen) atoms. The van der Waals surface area contributed by atoms with Crippen LogP contribution in [0.1, 0.15) is 30.0 Å². The third kappa shape index (κ3) is 2.09. The lowest BCUT2D eigenvalue weighted by Gasteiger charge is -2.15. The second-order valence-electron chi connectivity index (χ2n) is 4.23. The molecule has 1 aromatic carbocycles. The molecule has 1 aliphatic heterocycles. The summed E-state index contributed by atoms with van der Waals surface area (Å²) in [7, 11) is 1.44. The molecule has 0 bridgehead atoms. The van der Waals surface area contributed by atoms with Gasteiger partial charge in [-0.2, -0.15) is 0 Å². The lowest BCUT2D eigenvalue weighted by atomic mass is 10.0. The van der Waals surface area contributed by atoms with Crippen molar-refractivity contribution in [2.75, 3.05) is 7.11 Å². The van der Waals surface area contributed by atoms with E-state index in [1.165, 1.54) is 18.2 Å². The van der Waals surface area contributed by atoms with Crippen molar-refractivity contribution in [1.82, 2.24) is 5.32 Å². The molecule has 3 heteroatoms. The Kier molecular flexibility index (Phi) is 3.25. The third-order valence-corrected chi connectivity index (χ3v) is 3.20. The average molecular weight is 219 g/mol. The van der Waals surface area contributed by atoms with Crippen molar-refractivity contribution in [3.63, 3.8) is 0 Å². The van der Waals surface area contributed by atoms with E-state index in [9.17, 15) is 4.79 Å². The molecule has 1 unspecified atom stereocenters. The van der Waals surface area contributed by atoms with Gasteiger partial charge in [-0.1, -0.05) is 24.3 Å².